The molecule has 0 saturated carbocycles. The van der Waals surface area contributed by atoms with Crippen LogP contribution in [0.5, 0.6) is 0 Å². The summed E-state index contributed by atoms with van der Waals surface area (Å²) in [6.45, 7) is 7.89. The van der Waals surface area contributed by atoms with Crippen LogP contribution in [0.4, 0.5) is 4.79 Å². The first-order valence-electron chi connectivity index (χ1n) is 4.05. The fourth-order valence-electron chi connectivity index (χ4n) is 0.976. The molecule has 0 heterocycles. The Morgan fingerprint density at radius 1 is 1.55 bits per heavy atom. The SMILES string of the molecule is CCCN(CC(C)C)C(=O)S. The molecule has 0 aromatic heterocycles. The maximum atomic E-state index is 10.9. The number of rotatable bonds is 4. The van der Waals surface area contributed by atoms with Gasteiger partial charge in [-0.1, -0.05) is 33.4 Å². The standard InChI is InChI=1S/C8H17NOS/c1-4-5-9(8(10)11)6-7(2)3/h7H,4-6H2,1-3H3,(H,10,11). The second kappa shape index (κ2) is 5.47. The summed E-state index contributed by atoms with van der Waals surface area (Å²) in [7, 11) is 0. The van der Waals surface area contributed by atoms with Crippen LogP contribution in [-0.2, 0) is 0 Å². The van der Waals surface area contributed by atoms with E-state index in [0.717, 1.165) is 19.5 Å². The highest BCUT2D eigenvalue weighted by Gasteiger charge is 2.08. The van der Waals surface area contributed by atoms with Crippen LogP contribution in [0.25, 0.3) is 0 Å². The molecule has 0 aliphatic heterocycles. The summed E-state index contributed by atoms with van der Waals surface area (Å²) < 4.78 is 0. The molecule has 0 radical (unpaired) electrons. The van der Waals surface area contributed by atoms with Gasteiger partial charge in [-0.2, -0.15) is 0 Å². The summed E-state index contributed by atoms with van der Waals surface area (Å²) in [6, 6.07) is 0. The van der Waals surface area contributed by atoms with Gasteiger partial charge in [0.1, 0.15) is 0 Å². The molecule has 3 heteroatoms. The number of hydrogen-bond donors (Lipinski definition) is 1. The van der Waals surface area contributed by atoms with E-state index in [1.807, 2.05) is 0 Å². The molecule has 0 aliphatic rings. The maximum absolute atomic E-state index is 10.9. The minimum Gasteiger partial charge on any atom is -0.334 e. The Hall–Kier alpha value is -0.180. The topological polar surface area (TPSA) is 20.3 Å². The van der Waals surface area contributed by atoms with Crippen molar-refractivity contribution in [1.82, 2.24) is 4.90 Å². The number of carbonyl (C=O) groups excluding carboxylic acids is 1. The summed E-state index contributed by atoms with van der Waals surface area (Å²) in [5.41, 5.74) is 0. The van der Waals surface area contributed by atoms with Crippen molar-refractivity contribution in [1.29, 1.82) is 0 Å². The zero-order valence-electron chi connectivity index (χ0n) is 7.50. The predicted octanol–water partition coefficient (Wildman–Crippen LogP) is 2.40. The monoisotopic (exact) mass is 175 g/mol. The first-order valence-corrected chi connectivity index (χ1v) is 4.50. The van der Waals surface area contributed by atoms with Gasteiger partial charge in [-0.15, -0.1) is 0 Å². The summed E-state index contributed by atoms with van der Waals surface area (Å²) in [5.74, 6) is 0.526. The third kappa shape index (κ3) is 5.13. The van der Waals surface area contributed by atoms with Crippen LogP contribution in [0.2, 0.25) is 0 Å². The van der Waals surface area contributed by atoms with E-state index in [2.05, 4.69) is 33.4 Å². The Morgan fingerprint density at radius 2 is 2.09 bits per heavy atom. The molecule has 0 rings (SSSR count). The summed E-state index contributed by atoms with van der Waals surface area (Å²) in [6.07, 6.45) is 0.999. The Bertz CT molecular complexity index is 125. The van der Waals surface area contributed by atoms with Crippen LogP contribution in [-0.4, -0.2) is 23.2 Å². The highest BCUT2D eigenvalue weighted by atomic mass is 32.1. The summed E-state index contributed by atoms with van der Waals surface area (Å²) in [5, 5.41) is -0.111. The molecule has 1 amide bonds. The molecule has 0 fully saturated rings. The molecule has 0 aromatic rings. The van der Waals surface area contributed by atoms with E-state index >= 15 is 0 Å². The van der Waals surface area contributed by atoms with E-state index in [1.165, 1.54) is 0 Å². The molecule has 0 aliphatic carbocycles. The molecule has 11 heavy (non-hydrogen) atoms. The van der Waals surface area contributed by atoms with Gasteiger partial charge in [0.05, 0.1) is 0 Å². The van der Waals surface area contributed by atoms with Crippen molar-refractivity contribution in [2.75, 3.05) is 13.1 Å². The van der Waals surface area contributed by atoms with Gasteiger partial charge in [-0.05, 0) is 12.3 Å². The van der Waals surface area contributed by atoms with Crippen molar-refractivity contribution < 1.29 is 4.79 Å². The zero-order chi connectivity index (χ0) is 8.85. The first kappa shape index (κ1) is 10.8. The third-order valence-electron chi connectivity index (χ3n) is 1.35. The number of nitrogens with zero attached hydrogens (tertiary/aromatic N) is 1. The van der Waals surface area contributed by atoms with Gasteiger partial charge in [-0.25, -0.2) is 0 Å². The lowest BCUT2D eigenvalue weighted by atomic mass is 10.2. The molecule has 0 saturated heterocycles. The number of amides is 1. The van der Waals surface area contributed by atoms with Crippen LogP contribution < -0.4 is 0 Å². The van der Waals surface area contributed by atoms with E-state index in [-0.39, 0.29) is 5.24 Å². The molecule has 66 valence electrons. The van der Waals surface area contributed by atoms with E-state index in [4.69, 9.17) is 0 Å². The minimum absolute atomic E-state index is 0.111. The van der Waals surface area contributed by atoms with Gasteiger partial charge in [-0.3, -0.25) is 4.79 Å². The molecule has 0 bridgehead atoms. The Morgan fingerprint density at radius 3 is 2.36 bits per heavy atom. The van der Waals surface area contributed by atoms with Crippen molar-refractivity contribution in [3.05, 3.63) is 0 Å². The van der Waals surface area contributed by atoms with Crippen LogP contribution in [0.15, 0.2) is 0 Å². The molecular formula is C8H17NOS. The van der Waals surface area contributed by atoms with Crippen molar-refractivity contribution in [3.63, 3.8) is 0 Å². The van der Waals surface area contributed by atoms with Gasteiger partial charge < -0.3 is 4.90 Å². The van der Waals surface area contributed by atoms with E-state index in [1.54, 1.807) is 4.90 Å². The Balaban J connectivity index is 3.79. The Kier molecular flexibility index (Phi) is 5.38. The molecule has 2 nitrogen and oxygen atoms in total. The fraction of sp³-hybridized carbons (Fsp3) is 0.875. The van der Waals surface area contributed by atoms with Gasteiger partial charge in [0, 0.05) is 13.1 Å². The fourth-order valence-corrected chi connectivity index (χ4v) is 1.16. The van der Waals surface area contributed by atoms with Crippen molar-refractivity contribution >= 4 is 17.9 Å². The molecule has 0 N–H and O–H groups in total. The van der Waals surface area contributed by atoms with Crippen LogP contribution in [0.3, 0.4) is 0 Å². The van der Waals surface area contributed by atoms with Crippen molar-refractivity contribution in [2.24, 2.45) is 5.92 Å². The maximum Gasteiger partial charge on any atom is 0.278 e. The van der Waals surface area contributed by atoms with E-state index in [9.17, 15) is 4.79 Å². The second-order valence-electron chi connectivity index (χ2n) is 3.12. The predicted molar refractivity (Wildman–Crippen MR) is 51.1 cm³/mol. The molecule has 0 atom stereocenters. The number of thiol groups is 1. The lowest BCUT2D eigenvalue weighted by Crippen LogP contribution is -2.30. The van der Waals surface area contributed by atoms with Crippen LogP contribution in [0, 0.1) is 5.92 Å². The van der Waals surface area contributed by atoms with Crippen LogP contribution >= 0.6 is 12.6 Å². The van der Waals surface area contributed by atoms with E-state index < -0.39 is 0 Å². The smallest absolute Gasteiger partial charge is 0.278 e. The molecule has 0 aromatic carbocycles. The minimum atomic E-state index is -0.111. The van der Waals surface area contributed by atoms with Gasteiger partial charge >= 0.3 is 0 Å². The van der Waals surface area contributed by atoms with E-state index in [0.29, 0.717) is 5.92 Å². The lowest BCUT2D eigenvalue weighted by molar-refractivity contribution is 0.216. The molecule has 0 spiro atoms. The molecular weight excluding hydrogens is 158 g/mol. The van der Waals surface area contributed by atoms with Gasteiger partial charge in [0.25, 0.3) is 5.24 Å². The number of carbonyl (C=O) groups is 1. The quantitative estimate of drug-likeness (QED) is 0.651. The highest BCUT2D eigenvalue weighted by molar-refractivity contribution is 7.96. The second-order valence-corrected chi connectivity index (χ2v) is 3.51. The zero-order valence-corrected chi connectivity index (χ0v) is 8.40. The Labute approximate surface area is 74.4 Å². The van der Waals surface area contributed by atoms with Crippen molar-refractivity contribution in [3.8, 4) is 0 Å². The average Bonchev–Trinajstić information content (AvgIpc) is 1.86. The first-order chi connectivity index (χ1) is 5.07. The van der Waals surface area contributed by atoms with Crippen molar-refractivity contribution in [2.45, 2.75) is 27.2 Å². The lowest BCUT2D eigenvalue weighted by Gasteiger charge is -2.21. The summed E-state index contributed by atoms with van der Waals surface area (Å²) in [4.78, 5) is 12.6. The molecule has 0 unspecified atom stereocenters. The number of hydrogen-bond acceptors (Lipinski definition) is 1. The highest BCUT2D eigenvalue weighted by Crippen LogP contribution is 2.03. The third-order valence-corrected chi connectivity index (χ3v) is 1.63. The average molecular weight is 175 g/mol. The largest absolute Gasteiger partial charge is 0.334 e. The van der Waals surface area contributed by atoms with Gasteiger partial charge in [0.15, 0.2) is 0 Å². The van der Waals surface area contributed by atoms with Gasteiger partial charge in [0.2, 0.25) is 0 Å². The summed E-state index contributed by atoms with van der Waals surface area (Å²) >= 11 is 3.79. The van der Waals surface area contributed by atoms with Crippen LogP contribution in [0.1, 0.15) is 27.2 Å². The normalized spacial score (nSPS) is 10.3.